The second-order valence-electron chi connectivity index (χ2n) is 5.09. The molecule has 0 saturated heterocycles. The Morgan fingerprint density at radius 2 is 1.81 bits per heavy atom. The number of hydrogen-bond acceptors (Lipinski definition) is 3. The molecule has 21 heavy (non-hydrogen) atoms. The summed E-state index contributed by atoms with van der Waals surface area (Å²) < 4.78 is 0. The molecule has 0 aliphatic carbocycles. The number of carbonyl (C=O) groups excluding carboxylic acids is 1. The van der Waals surface area contributed by atoms with Gasteiger partial charge in [-0.2, -0.15) is 0 Å². The number of hydrogen-bond donors (Lipinski definition) is 2. The minimum atomic E-state index is -1.13. The fraction of sp³-hybridized carbons (Fsp3) is 0.176. The van der Waals surface area contributed by atoms with Crippen LogP contribution in [0.25, 0.3) is 0 Å². The lowest BCUT2D eigenvalue weighted by Crippen LogP contribution is -2.06. The van der Waals surface area contributed by atoms with Crippen molar-refractivity contribution in [2.24, 2.45) is 0 Å². The van der Waals surface area contributed by atoms with E-state index in [-0.39, 0.29) is 11.1 Å². The summed E-state index contributed by atoms with van der Waals surface area (Å²) in [6, 6.07) is 12.6. The average molecular weight is 283 g/mol. The molecule has 0 radical (unpaired) electrons. The first-order valence-electron chi connectivity index (χ1n) is 6.71. The molecular formula is C17H17NO3. The number of carboxylic acid groups (broad SMARTS) is 1. The molecule has 0 aliphatic heterocycles. The van der Waals surface area contributed by atoms with Crippen LogP contribution in [-0.2, 0) is 0 Å². The molecule has 2 aromatic rings. The highest BCUT2D eigenvalue weighted by Crippen LogP contribution is 2.25. The minimum Gasteiger partial charge on any atom is -0.478 e. The first-order chi connectivity index (χ1) is 10.0. The van der Waals surface area contributed by atoms with Gasteiger partial charge in [0.15, 0.2) is 6.29 Å². The van der Waals surface area contributed by atoms with Gasteiger partial charge in [-0.25, -0.2) is 4.79 Å². The van der Waals surface area contributed by atoms with Gasteiger partial charge in [-0.15, -0.1) is 0 Å². The summed E-state index contributed by atoms with van der Waals surface area (Å²) in [6.07, 6.45) is 0.552. The van der Waals surface area contributed by atoms with Gasteiger partial charge >= 0.3 is 5.97 Å². The number of carboxylic acids is 1. The molecule has 0 amide bonds. The highest BCUT2D eigenvalue weighted by molar-refractivity contribution is 6.02. The van der Waals surface area contributed by atoms with Crippen molar-refractivity contribution >= 4 is 23.6 Å². The van der Waals surface area contributed by atoms with Gasteiger partial charge in [0.1, 0.15) is 0 Å². The first kappa shape index (κ1) is 14.8. The zero-order valence-corrected chi connectivity index (χ0v) is 12.0. The fourth-order valence-electron chi connectivity index (χ4n) is 2.12. The van der Waals surface area contributed by atoms with Crippen LogP contribution in [0.3, 0.4) is 0 Å². The molecule has 0 heterocycles. The van der Waals surface area contributed by atoms with E-state index >= 15 is 0 Å². The van der Waals surface area contributed by atoms with Crippen LogP contribution in [0.4, 0.5) is 11.4 Å². The lowest BCUT2D eigenvalue weighted by atomic mass is 10.0. The van der Waals surface area contributed by atoms with Gasteiger partial charge < -0.3 is 10.4 Å². The maximum atomic E-state index is 11.3. The second-order valence-corrected chi connectivity index (χ2v) is 5.09. The predicted molar refractivity (Wildman–Crippen MR) is 82.6 cm³/mol. The number of aromatic carboxylic acids is 1. The summed E-state index contributed by atoms with van der Waals surface area (Å²) in [6.45, 7) is 4.22. The van der Waals surface area contributed by atoms with E-state index in [4.69, 9.17) is 0 Å². The van der Waals surface area contributed by atoms with Crippen molar-refractivity contribution in [3.8, 4) is 0 Å². The number of rotatable bonds is 5. The molecule has 0 unspecified atom stereocenters. The molecule has 2 N–H and O–H groups in total. The van der Waals surface area contributed by atoms with Crippen LogP contribution >= 0.6 is 0 Å². The summed E-state index contributed by atoms with van der Waals surface area (Å²) in [4.78, 5) is 22.3. The van der Waals surface area contributed by atoms with E-state index in [1.165, 1.54) is 11.6 Å². The van der Waals surface area contributed by atoms with Crippen LogP contribution in [0.2, 0.25) is 0 Å². The number of nitrogens with one attached hydrogen (secondary N) is 1. The summed E-state index contributed by atoms with van der Waals surface area (Å²) in [5.74, 6) is -0.689. The Balaban J connectivity index is 2.35. The zero-order valence-electron chi connectivity index (χ0n) is 12.0. The summed E-state index contributed by atoms with van der Waals surface area (Å²) in [5.41, 5.74) is 2.54. The Morgan fingerprint density at radius 1 is 1.14 bits per heavy atom. The highest BCUT2D eigenvalue weighted by Gasteiger charge is 2.15. The third-order valence-electron chi connectivity index (χ3n) is 3.29. The average Bonchev–Trinajstić information content (AvgIpc) is 2.47. The molecule has 108 valence electrons. The number of benzene rings is 2. The largest absolute Gasteiger partial charge is 0.478 e. The normalized spacial score (nSPS) is 10.4. The summed E-state index contributed by atoms with van der Waals surface area (Å²) in [7, 11) is 0. The Kier molecular flexibility index (Phi) is 4.38. The second kappa shape index (κ2) is 6.22. The van der Waals surface area contributed by atoms with Crippen LogP contribution < -0.4 is 5.32 Å². The molecule has 2 rings (SSSR count). The smallest absolute Gasteiger partial charge is 0.338 e. The topological polar surface area (TPSA) is 66.4 Å². The van der Waals surface area contributed by atoms with Crippen molar-refractivity contribution in [3.63, 3.8) is 0 Å². The van der Waals surface area contributed by atoms with E-state index in [0.717, 1.165) is 5.69 Å². The monoisotopic (exact) mass is 283 g/mol. The molecule has 0 atom stereocenters. The van der Waals surface area contributed by atoms with Crippen LogP contribution in [0.1, 0.15) is 46.0 Å². The van der Waals surface area contributed by atoms with Gasteiger partial charge in [0.2, 0.25) is 0 Å². The third kappa shape index (κ3) is 3.28. The van der Waals surface area contributed by atoms with Crippen LogP contribution in [0, 0.1) is 0 Å². The molecule has 0 spiro atoms. The SMILES string of the molecule is CC(C)c1ccc(Nc2cccc(C=O)c2C(=O)O)cc1. The van der Waals surface area contributed by atoms with Gasteiger partial charge in [0.05, 0.1) is 11.3 Å². The van der Waals surface area contributed by atoms with Crippen LogP contribution in [0.5, 0.6) is 0 Å². The Bertz CT molecular complexity index is 660. The Hall–Kier alpha value is -2.62. The first-order valence-corrected chi connectivity index (χ1v) is 6.71. The van der Waals surface area contributed by atoms with Crippen molar-refractivity contribution in [3.05, 3.63) is 59.2 Å². The van der Waals surface area contributed by atoms with E-state index in [1.807, 2.05) is 24.3 Å². The number of carbonyl (C=O) groups is 2. The Morgan fingerprint density at radius 3 is 2.33 bits per heavy atom. The maximum absolute atomic E-state index is 11.3. The van der Waals surface area contributed by atoms with E-state index in [9.17, 15) is 14.7 Å². The van der Waals surface area contributed by atoms with Gasteiger partial charge in [0.25, 0.3) is 0 Å². The van der Waals surface area contributed by atoms with E-state index in [2.05, 4.69) is 19.2 Å². The molecule has 4 heteroatoms. The van der Waals surface area contributed by atoms with Gasteiger partial charge in [-0.1, -0.05) is 38.1 Å². The lowest BCUT2D eigenvalue weighted by molar-refractivity contribution is 0.0695. The predicted octanol–water partition coefficient (Wildman–Crippen LogP) is 4.06. The zero-order chi connectivity index (χ0) is 15.4. The van der Waals surface area contributed by atoms with E-state index in [0.29, 0.717) is 17.9 Å². The quantitative estimate of drug-likeness (QED) is 0.812. The molecule has 0 saturated carbocycles. The fourth-order valence-corrected chi connectivity index (χ4v) is 2.12. The van der Waals surface area contributed by atoms with Gasteiger partial charge in [-0.05, 0) is 29.7 Å². The molecule has 2 aromatic carbocycles. The van der Waals surface area contributed by atoms with Gasteiger partial charge in [0, 0.05) is 11.3 Å². The van der Waals surface area contributed by atoms with Crippen molar-refractivity contribution in [1.29, 1.82) is 0 Å². The number of aldehydes is 1. The van der Waals surface area contributed by atoms with Crippen molar-refractivity contribution in [2.45, 2.75) is 19.8 Å². The van der Waals surface area contributed by atoms with E-state index < -0.39 is 5.97 Å². The van der Waals surface area contributed by atoms with Crippen LogP contribution in [0.15, 0.2) is 42.5 Å². The van der Waals surface area contributed by atoms with Crippen LogP contribution in [-0.4, -0.2) is 17.4 Å². The van der Waals surface area contributed by atoms with Crippen molar-refractivity contribution < 1.29 is 14.7 Å². The highest BCUT2D eigenvalue weighted by atomic mass is 16.4. The molecule has 0 aliphatic rings. The standard InChI is InChI=1S/C17H17NO3/c1-11(2)12-6-8-14(9-7-12)18-15-5-3-4-13(10-19)16(15)17(20)21/h3-11,18H,1-2H3,(H,20,21). The molecule has 4 nitrogen and oxygen atoms in total. The summed E-state index contributed by atoms with van der Waals surface area (Å²) in [5, 5.41) is 12.3. The lowest BCUT2D eigenvalue weighted by Gasteiger charge is -2.12. The molecule has 0 bridgehead atoms. The molecule has 0 aromatic heterocycles. The van der Waals surface area contributed by atoms with Crippen molar-refractivity contribution in [1.82, 2.24) is 0 Å². The van der Waals surface area contributed by atoms with E-state index in [1.54, 1.807) is 12.1 Å². The minimum absolute atomic E-state index is 0.0135. The van der Waals surface area contributed by atoms with Crippen molar-refractivity contribution in [2.75, 3.05) is 5.32 Å². The Labute approximate surface area is 123 Å². The molecular weight excluding hydrogens is 266 g/mol. The third-order valence-corrected chi connectivity index (χ3v) is 3.29. The number of anilines is 2. The van der Waals surface area contributed by atoms with Gasteiger partial charge in [-0.3, -0.25) is 4.79 Å². The maximum Gasteiger partial charge on any atom is 0.338 e. The molecule has 0 fully saturated rings. The summed E-state index contributed by atoms with van der Waals surface area (Å²) >= 11 is 0.